The second-order valence-electron chi connectivity index (χ2n) is 16.5. The highest BCUT2D eigenvalue weighted by Gasteiger charge is 2.30. The summed E-state index contributed by atoms with van der Waals surface area (Å²) in [6, 6.07) is 9.38. The number of anilines is 3. The van der Waals surface area contributed by atoms with Crippen molar-refractivity contribution in [1.29, 1.82) is 0 Å². The summed E-state index contributed by atoms with van der Waals surface area (Å²) in [5.41, 5.74) is 16.7. The van der Waals surface area contributed by atoms with Crippen LogP contribution in [0.5, 0.6) is 5.75 Å². The van der Waals surface area contributed by atoms with Gasteiger partial charge < -0.3 is 35.7 Å². The van der Waals surface area contributed by atoms with Crippen molar-refractivity contribution in [1.82, 2.24) is 48.9 Å². The predicted octanol–water partition coefficient (Wildman–Crippen LogP) is 2.60. The van der Waals surface area contributed by atoms with Gasteiger partial charge in [0.1, 0.15) is 22.7 Å². The minimum absolute atomic E-state index is 0.0992. The molecule has 2 aliphatic heterocycles. The Morgan fingerprint density at radius 1 is 0.821 bits per heavy atom. The van der Waals surface area contributed by atoms with E-state index < -0.39 is 29.7 Å². The number of nitrogens with two attached hydrogens (primary N) is 2. The number of morpholine rings is 1. The van der Waals surface area contributed by atoms with Crippen molar-refractivity contribution in [3.05, 3.63) is 82.5 Å². The number of nitrogens with one attached hydrogen (secondary N) is 3. The van der Waals surface area contributed by atoms with E-state index in [2.05, 4.69) is 26.1 Å². The third kappa shape index (κ3) is 9.70. The summed E-state index contributed by atoms with van der Waals surface area (Å²) in [5.74, 6) is -1.55. The Morgan fingerprint density at radius 2 is 1.42 bits per heavy atom. The molecule has 352 valence electrons. The molecule has 2 aromatic carbocycles. The number of carbonyl (C=O) groups is 5. The van der Waals surface area contributed by atoms with Gasteiger partial charge in [0.25, 0.3) is 11.8 Å². The molecular formula is C45H55N15O7. The van der Waals surface area contributed by atoms with Gasteiger partial charge in [0.05, 0.1) is 66.0 Å². The molecular weight excluding hydrogens is 863 g/mol. The largest absolute Gasteiger partial charge is 0.491 e. The van der Waals surface area contributed by atoms with E-state index >= 15 is 0 Å². The monoisotopic (exact) mass is 917 g/mol. The zero-order valence-electron chi connectivity index (χ0n) is 38.2. The van der Waals surface area contributed by atoms with Gasteiger partial charge in [0.15, 0.2) is 0 Å². The fourth-order valence-electron chi connectivity index (χ4n) is 8.51. The summed E-state index contributed by atoms with van der Waals surface area (Å²) >= 11 is 0. The minimum atomic E-state index is -0.696. The summed E-state index contributed by atoms with van der Waals surface area (Å²) in [7, 11) is 1.90. The lowest BCUT2D eigenvalue weighted by molar-refractivity contribution is -0.123. The number of amides is 5. The van der Waals surface area contributed by atoms with Crippen molar-refractivity contribution in [2.24, 2.45) is 11.5 Å². The molecule has 0 unspecified atom stereocenters. The lowest BCUT2D eigenvalue weighted by Crippen LogP contribution is -2.43. The molecule has 0 saturated carbocycles. The number of ether oxygens (including phenoxy) is 2. The number of aryl methyl sites for hydroxylation is 4. The van der Waals surface area contributed by atoms with Gasteiger partial charge in [-0.15, -0.1) is 0 Å². The highest BCUT2D eigenvalue weighted by molar-refractivity contribution is 6.06. The average Bonchev–Trinajstić information content (AvgIpc) is 4.07. The molecule has 22 nitrogen and oxygen atoms in total. The number of rotatable bonds is 18. The maximum Gasteiger partial charge on any atom is 0.276 e. The van der Waals surface area contributed by atoms with E-state index in [1.807, 2.05) is 54.3 Å². The first kappa shape index (κ1) is 46.0. The van der Waals surface area contributed by atoms with Crippen LogP contribution in [0.2, 0.25) is 0 Å². The van der Waals surface area contributed by atoms with Crippen LogP contribution in [0.1, 0.15) is 79.4 Å². The normalized spacial score (nSPS) is 15.1. The SMILES string of the molecule is CCn1nc(C)cc1C(=O)Nc1nc2cc(C(N)=O)cc(OCCCNC(=O)CN3CCOCC3)c2n1C/C=C/[C@H]1CN(C)c2cc(C(N)=O)cc3nc(NC(=O)c4cc(C)nn4CC)n1c23. The van der Waals surface area contributed by atoms with Gasteiger partial charge in [-0.25, -0.2) is 9.97 Å². The van der Waals surface area contributed by atoms with E-state index in [0.29, 0.717) is 115 Å². The molecule has 6 heterocycles. The van der Waals surface area contributed by atoms with E-state index in [1.165, 1.54) is 0 Å². The number of carbonyl (C=O) groups excluding carboxylic acids is 5. The summed E-state index contributed by atoms with van der Waals surface area (Å²) in [6.07, 6.45) is 4.32. The summed E-state index contributed by atoms with van der Waals surface area (Å²) in [5, 5.41) is 17.8. The van der Waals surface area contributed by atoms with Crippen molar-refractivity contribution in [3.63, 3.8) is 0 Å². The van der Waals surface area contributed by atoms with Crippen LogP contribution in [0.4, 0.5) is 17.6 Å². The second-order valence-corrected chi connectivity index (χ2v) is 16.5. The quantitative estimate of drug-likeness (QED) is 0.0614. The Labute approximate surface area is 385 Å². The van der Waals surface area contributed by atoms with Crippen LogP contribution >= 0.6 is 0 Å². The average molecular weight is 918 g/mol. The number of fused-ring (bicyclic) bond motifs is 1. The first-order valence-corrected chi connectivity index (χ1v) is 22.2. The topological polar surface area (TPSA) is 270 Å². The molecule has 1 fully saturated rings. The first-order valence-electron chi connectivity index (χ1n) is 22.2. The summed E-state index contributed by atoms with van der Waals surface area (Å²) < 4.78 is 18.6. The van der Waals surface area contributed by atoms with E-state index in [4.69, 9.17) is 30.9 Å². The van der Waals surface area contributed by atoms with Crippen LogP contribution in [-0.4, -0.2) is 133 Å². The van der Waals surface area contributed by atoms with Gasteiger partial charge >= 0.3 is 0 Å². The van der Waals surface area contributed by atoms with Crippen molar-refractivity contribution in [2.45, 2.75) is 59.8 Å². The van der Waals surface area contributed by atoms with Crippen LogP contribution in [0.15, 0.2) is 48.6 Å². The lowest BCUT2D eigenvalue weighted by atomic mass is 10.1. The minimum Gasteiger partial charge on any atom is -0.491 e. The molecule has 6 aromatic rings. The van der Waals surface area contributed by atoms with E-state index in [9.17, 15) is 24.0 Å². The van der Waals surface area contributed by atoms with Crippen LogP contribution in [0, 0.1) is 13.8 Å². The van der Waals surface area contributed by atoms with E-state index in [1.54, 1.807) is 57.3 Å². The Kier molecular flexibility index (Phi) is 13.4. The van der Waals surface area contributed by atoms with Crippen LogP contribution in [0.3, 0.4) is 0 Å². The Balaban J connectivity index is 1.13. The van der Waals surface area contributed by atoms with Crippen molar-refractivity contribution in [2.75, 3.05) is 75.1 Å². The van der Waals surface area contributed by atoms with E-state index in [-0.39, 0.29) is 48.6 Å². The molecule has 7 N–H and O–H groups in total. The van der Waals surface area contributed by atoms with Crippen LogP contribution < -0.4 is 37.1 Å². The van der Waals surface area contributed by atoms with Crippen molar-refractivity contribution < 1.29 is 33.4 Å². The molecule has 8 rings (SSSR count). The van der Waals surface area contributed by atoms with Crippen molar-refractivity contribution >= 4 is 69.2 Å². The first-order chi connectivity index (χ1) is 32.2. The Bertz CT molecular complexity index is 2920. The smallest absolute Gasteiger partial charge is 0.276 e. The molecule has 0 radical (unpaired) electrons. The van der Waals surface area contributed by atoms with Gasteiger partial charge in [-0.1, -0.05) is 12.2 Å². The molecule has 4 aromatic heterocycles. The third-order valence-electron chi connectivity index (χ3n) is 11.7. The molecule has 1 atom stereocenters. The van der Waals surface area contributed by atoms with Crippen LogP contribution in [0.25, 0.3) is 22.1 Å². The number of hydrogen-bond acceptors (Lipinski definition) is 13. The zero-order chi connectivity index (χ0) is 47.5. The Morgan fingerprint density at radius 3 is 2.04 bits per heavy atom. The zero-order valence-corrected chi connectivity index (χ0v) is 38.2. The molecule has 0 bridgehead atoms. The third-order valence-corrected chi connectivity index (χ3v) is 11.7. The van der Waals surface area contributed by atoms with Gasteiger partial charge in [0, 0.05) is 64.0 Å². The van der Waals surface area contributed by atoms with Gasteiger partial charge in [-0.05, 0) is 70.5 Å². The lowest BCUT2D eigenvalue weighted by Gasteiger charge is -2.32. The molecule has 2 aliphatic rings. The molecule has 0 aliphatic carbocycles. The highest BCUT2D eigenvalue weighted by atomic mass is 16.5. The van der Waals surface area contributed by atoms with Gasteiger partial charge in [-0.3, -0.25) is 53.4 Å². The number of hydrogen-bond donors (Lipinski definition) is 5. The maximum atomic E-state index is 13.9. The maximum absolute atomic E-state index is 13.9. The van der Waals surface area contributed by atoms with Crippen molar-refractivity contribution in [3.8, 4) is 5.75 Å². The number of imidazole rings is 2. The van der Waals surface area contributed by atoms with Gasteiger partial charge in [0.2, 0.25) is 29.6 Å². The van der Waals surface area contributed by atoms with Gasteiger partial charge in [-0.2, -0.15) is 10.2 Å². The number of benzene rings is 2. The molecule has 22 heteroatoms. The number of likely N-dealkylation sites (N-methyl/N-ethyl adjacent to an activating group) is 1. The fraction of sp³-hybridized carbons (Fsp3) is 0.400. The summed E-state index contributed by atoms with van der Waals surface area (Å²) in [6.45, 7) is 12.3. The number of allylic oxidation sites excluding steroid dienone is 1. The number of primary amides is 2. The molecule has 5 amide bonds. The highest BCUT2D eigenvalue weighted by Crippen LogP contribution is 2.39. The number of aromatic nitrogens is 8. The second kappa shape index (κ2) is 19.5. The summed E-state index contributed by atoms with van der Waals surface area (Å²) in [4.78, 5) is 79.1. The molecule has 0 spiro atoms. The predicted molar refractivity (Wildman–Crippen MR) is 250 cm³/mol. The fourth-order valence-corrected chi connectivity index (χ4v) is 8.51. The standard InChI is InChI=1S/C45H55N15O7/c1-6-58-34(18-26(3)53-58)42(64)51-44-49-32-21-29(41(47)63)23-36(67-15-9-11-48-37(61)25-56-13-16-66-17-14-56)39(32)57(44)12-8-10-30-24-55(5)33-22-28(40(46)62)20-31-38(33)60(30)45(50-31)52-43(65)35-19-27(4)54-59(35)7-2/h8,10,18-23,30H,6-7,9,11-17,24-25H2,1-5H3,(H2,46,62)(H2,47,63)(H,48,61)(H,49,51,64)(H,50,52,65)/b10-8+/t30-/m0/s1. The Hall–Kier alpha value is -7.59. The molecule has 67 heavy (non-hydrogen) atoms. The van der Waals surface area contributed by atoms with Crippen LogP contribution in [-0.2, 0) is 29.2 Å². The molecule has 1 saturated heterocycles. The number of nitrogens with zero attached hydrogens (tertiary/aromatic N) is 10. The van der Waals surface area contributed by atoms with E-state index in [0.717, 1.165) is 0 Å².